The molecule has 0 radical (unpaired) electrons. The second-order valence-electron chi connectivity index (χ2n) is 2.31. The highest BCUT2D eigenvalue weighted by atomic mass is 32.3. The number of halogens is 4. The minimum atomic E-state index is -5.14. The van der Waals surface area contributed by atoms with E-state index in [0.29, 0.717) is 0 Å². The molecule has 15 heavy (non-hydrogen) atoms. The molecule has 0 aliphatic carbocycles. The summed E-state index contributed by atoms with van der Waals surface area (Å²) < 4.78 is 81.7. The summed E-state index contributed by atoms with van der Waals surface area (Å²) >= 11 is 0. The summed E-state index contributed by atoms with van der Waals surface area (Å²) in [4.78, 5) is 0. The molecule has 0 bridgehead atoms. The van der Waals surface area contributed by atoms with E-state index in [0.717, 1.165) is 0 Å². The topological polar surface area (TPSA) is 63.6 Å². The second kappa shape index (κ2) is 3.66. The van der Waals surface area contributed by atoms with Crippen LogP contribution >= 0.6 is 0 Å². The molecule has 1 aromatic carbocycles. The number of hydrogen-bond acceptors (Lipinski definition) is 3. The largest absolute Gasteiger partial charge is 0.446 e. The van der Waals surface area contributed by atoms with Crippen LogP contribution in [0.5, 0.6) is 5.75 Å². The van der Waals surface area contributed by atoms with Crippen molar-refractivity contribution >= 4 is 10.4 Å². The first-order valence-corrected chi connectivity index (χ1v) is 4.59. The molecular formula is C6H2F4O4S. The fraction of sp³-hybridized carbons (Fsp3) is 0. The quantitative estimate of drug-likeness (QED) is 0.371. The van der Waals surface area contributed by atoms with Crippen LogP contribution in [-0.2, 0) is 10.4 Å². The SMILES string of the molecule is O=S(=O)(O)Oc1cc(F)c(F)c(F)c1F. The molecule has 0 aliphatic rings. The predicted octanol–water partition coefficient (Wildman–Crippen LogP) is 1.42. The summed E-state index contributed by atoms with van der Waals surface area (Å²) in [6.07, 6.45) is 0. The zero-order valence-electron chi connectivity index (χ0n) is 6.67. The van der Waals surface area contributed by atoms with E-state index in [2.05, 4.69) is 4.18 Å². The van der Waals surface area contributed by atoms with Crippen molar-refractivity contribution in [3.05, 3.63) is 29.3 Å². The molecule has 0 aromatic heterocycles. The van der Waals surface area contributed by atoms with E-state index < -0.39 is 39.4 Å². The number of hydrogen-bond donors (Lipinski definition) is 1. The smallest absolute Gasteiger partial charge is 0.358 e. The average Bonchev–Trinajstić information content (AvgIpc) is 2.08. The third kappa shape index (κ3) is 2.57. The lowest BCUT2D eigenvalue weighted by Gasteiger charge is -2.04. The van der Waals surface area contributed by atoms with Crippen molar-refractivity contribution in [2.24, 2.45) is 0 Å². The highest BCUT2D eigenvalue weighted by Crippen LogP contribution is 2.25. The van der Waals surface area contributed by atoms with E-state index in [-0.39, 0.29) is 6.07 Å². The Morgan fingerprint density at radius 2 is 1.60 bits per heavy atom. The van der Waals surface area contributed by atoms with Gasteiger partial charge in [-0.3, -0.25) is 4.55 Å². The Kier molecular flexibility index (Phi) is 2.86. The van der Waals surface area contributed by atoms with Crippen LogP contribution in [0.15, 0.2) is 6.07 Å². The Labute approximate surface area is 81.0 Å². The molecule has 0 unspecified atom stereocenters. The summed E-state index contributed by atoms with van der Waals surface area (Å²) in [7, 11) is -5.14. The molecule has 1 N–H and O–H groups in total. The summed E-state index contributed by atoms with van der Waals surface area (Å²) in [6, 6.07) is -0.0541. The lowest BCUT2D eigenvalue weighted by molar-refractivity contribution is 0.355. The molecule has 0 aliphatic heterocycles. The van der Waals surface area contributed by atoms with Gasteiger partial charge in [-0.25, -0.2) is 13.2 Å². The normalized spacial score (nSPS) is 11.5. The van der Waals surface area contributed by atoms with E-state index in [9.17, 15) is 26.0 Å². The van der Waals surface area contributed by atoms with E-state index in [1.54, 1.807) is 0 Å². The highest BCUT2D eigenvalue weighted by molar-refractivity contribution is 7.81. The van der Waals surface area contributed by atoms with Gasteiger partial charge in [-0.2, -0.15) is 12.8 Å². The van der Waals surface area contributed by atoms with Crippen LogP contribution in [-0.4, -0.2) is 13.0 Å². The Morgan fingerprint density at radius 3 is 2.07 bits per heavy atom. The van der Waals surface area contributed by atoms with Crippen molar-refractivity contribution < 1.29 is 34.7 Å². The molecule has 0 atom stereocenters. The average molecular weight is 246 g/mol. The van der Waals surface area contributed by atoms with Gasteiger partial charge in [0, 0.05) is 6.07 Å². The molecule has 0 fully saturated rings. The van der Waals surface area contributed by atoms with Crippen LogP contribution in [0.2, 0.25) is 0 Å². The number of benzene rings is 1. The molecule has 4 nitrogen and oxygen atoms in total. The number of rotatable bonds is 2. The Bertz CT molecular complexity index is 498. The zero-order chi connectivity index (χ0) is 11.8. The molecule has 0 heterocycles. The Morgan fingerprint density at radius 1 is 1.07 bits per heavy atom. The summed E-state index contributed by atoms with van der Waals surface area (Å²) in [5, 5.41) is 0. The minimum Gasteiger partial charge on any atom is -0.358 e. The molecule has 1 aromatic rings. The first kappa shape index (κ1) is 11.7. The maximum atomic E-state index is 12.7. The summed E-state index contributed by atoms with van der Waals surface area (Å²) in [5.74, 6) is -9.75. The van der Waals surface area contributed by atoms with Crippen molar-refractivity contribution in [1.29, 1.82) is 0 Å². The van der Waals surface area contributed by atoms with Crippen molar-refractivity contribution in [3.8, 4) is 5.75 Å². The fourth-order valence-electron chi connectivity index (χ4n) is 0.725. The van der Waals surface area contributed by atoms with Gasteiger partial charge in [0.2, 0.25) is 11.6 Å². The van der Waals surface area contributed by atoms with E-state index in [4.69, 9.17) is 4.55 Å². The third-order valence-corrected chi connectivity index (χ3v) is 1.65. The molecule has 84 valence electrons. The van der Waals surface area contributed by atoms with Crippen molar-refractivity contribution in [1.82, 2.24) is 0 Å². The van der Waals surface area contributed by atoms with Gasteiger partial charge in [0.1, 0.15) is 0 Å². The van der Waals surface area contributed by atoms with E-state index in [1.807, 2.05) is 0 Å². The molecule has 9 heteroatoms. The van der Waals surface area contributed by atoms with Gasteiger partial charge < -0.3 is 4.18 Å². The van der Waals surface area contributed by atoms with Gasteiger partial charge >= 0.3 is 10.4 Å². The van der Waals surface area contributed by atoms with Crippen LogP contribution in [0, 0.1) is 23.3 Å². The lowest BCUT2D eigenvalue weighted by Crippen LogP contribution is -2.10. The van der Waals surface area contributed by atoms with Crippen LogP contribution in [0.4, 0.5) is 17.6 Å². The van der Waals surface area contributed by atoms with Crippen molar-refractivity contribution in [2.45, 2.75) is 0 Å². The maximum absolute atomic E-state index is 12.7. The summed E-state index contributed by atoms with van der Waals surface area (Å²) in [5.41, 5.74) is 0. The Hall–Kier alpha value is -1.35. The molecule has 0 amide bonds. The minimum absolute atomic E-state index is 0.0541. The van der Waals surface area contributed by atoms with E-state index >= 15 is 0 Å². The van der Waals surface area contributed by atoms with Gasteiger partial charge in [0.05, 0.1) is 0 Å². The van der Waals surface area contributed by atoms with Gasteiger partial charge in [-0.05, 0) is 0 Å². The van der Waals surface area contributed by atoms with Crippen LogP contribution in [0.1, 0.15) is 0 Å². The van der Waals surface area contributed by atoms with Crippen molar-refractivity contribution in [2.75, 3.05) is 0 Å². The Balaban J connectivity index is 3.33. The molecule has 0 saturated heterocycles. The van der Waals surface area contributed by atoms with Crippen LogP contribution in [0.25, 0.3) is 0 Å². The monoisotopic (exact) mass is 246 g/mol. The molecule has 0 saturated carbocycles. The van der Waals surface area contributed by atoms with Crippen molar-refractivity contribution in [3.63, 3.8) is 0 Å². The van der Waals surface area contributed by atoms with Gasteiger partial charge in [-0.1, -0.05) is 0 Å². The second-order valence-corrected chi connectivity index (χ2v) is 3.33. The standard InChI is InChI=1S/C6H2F4O4S/c7-2-1-3(14-15(11,12)13)5(9)6(10)4(2)8/h1H,(H,11,12,13). The summed E-state index contributed by atoms with van der Waals surface area (Å²) in [6.45, 7) is 0. The van der Waals surface area contributed by atoms with Gasteiger partial charge in [0.15, 0.2) is 17.4 Å². The third-order valence-electron chi connectivity index (χ3n) is 1.26. The first-order chi connectivity index (χ1) is 6.72. The van der Waals surface area contributed by atoms with Crippen LogP contribution in [0.3, 0.4) is 0 Å². The molecular weight excluding hydrogens is 244 g/mol. The molecule has 1 rings (SSSR count). The van der Waals surface area contributed by atoms with Gasteiger partial charge in [-0.15, -0.1) is 0 Å². The van der Waals surface area contributed by atoms with Gasteiger partial charge in [0.25, 0.3) is 0 Å². The fourth-order valence-corrected chi connectivity index (χ4v) is 1.07. The predicted molar refractivity (Wildman–Crippen MR) is 38.5 cm³/mol. The highest BCUT2D eigenvalue weighted by Gasteiger charge is 2.22. The van der Waals surface area contributed by atoms with Crippen LogP contribution < -0.4 is 4.18 Å². The maximum Gasteiger partial charge on any atom is 0.446 e. The zero-order valence-corrected chi connectivity index (χ0v) is 7.49. The lowest BCUT2D eigenvalue weighted by atomic mass is 10.3. The molecule has 0 spiro atoms. The first-order valence-electron chi connectivity index (χ1n) is 3.22. The van der Waals surface area contributed by atoms with E-state index in [1.165, 1.54) is 0 Å².